The molecule has 0 unspecified atom stereocenters. The van der Waals surface area contributed by atoms with Gasteiger partial charge in [-0.1, -0.05) is 12.2 Å². The number of hydrogen-bond acceptors (Lipinski definition) is 4. The Morgan fingerprint density at radius 2 is 1.83 bits per heavy atom. The topological polar surface area (TPSA) is 79.5 Å². The molecule has 0 aromatic carbocycles. The van der Waals surface area contributed by atoms with E-state index in [0.29, 0.717) is 29.9 Å². The fourth-order valence-electron chi connectivity index (χ4n) is 2.48. The molecule has 1 heterocycles. The molecule has 1 N–H and O–H groups in total. The number of ether oxygens (including phenoxy) is 1. The second kappa shape index (κ2) is 7.76. The molecule has 0 bridgehead atoms. The first-order valence-corrected chi connectivity index (χ1v) is 7.48. The maximum Gasteiger partial charge on any atom is 0.355 e. The molecule has 1 aromatic rings. The third-order valence-corrected chi connectivity index (χ3v) is 3.52. The predicted molar refractivity (Wildman–Crippen MR) is 87.6 cm³/mol. The summed E-state index contributed by atoms with van der Waals surface area (Å²) in [5.74, 6) is -1.04. The summed E-state index contributed by atoms with van der Waals surface area (Å²) in [6, 6.07) is 0. The lowest BCUT2D eigenvalue weighted by Gasteiger charge is -2.20. The molecule has 6 heteroatoms. The molecule has 1 amide bonds. The molecule has 0 aliphatic carbocycles. The highest BCUT2D eigenvalue weighted by atomic mass is 16.5. The Kier molecular flexibility index (Phi) is 6.30. The van der Waals surface area contributed by atoms with Crippen molar-refractivity contribution in [3.8, 4) is 0 Å². The van der Waals surface area contributed by atoms with Gasteiger partial charge in [0.15, 0.2) is 12.4 Å². The largest absolute Gasteiger partial charge is 0.451 e. The van der Waals surface area contributed by atoms with Crippen molar-refractivity contribution in [2.75, 3.05) is 19.7 Å². The molecule has 0 spiro atoms. The highest BCUT2D eigenvalue weighted by molar-refractivity contribution is 6.01. The van der Waals surface area contributed by atoms with E-state index in [1.807, 2.05) is 13.8 Å². The van der Waals surface area contributed by atoms with Crippen LogP contribution in [-0.2, 0) is 9.53 Å². The van der Waals surface area contributed by atoms with Gasteiger partial charge in [0.25, 0.3) is 5.91 Å². The number of nitrogens with zero attached hydrogens (tertiary/aromatic N) is 1. The second-order valence-corrected chi connectivity index (χ2v) is 5.62. The fourth-order valence-corrected chi connectivity index (χ4v) is 2.48. The number of carbonyl (C=O) groups is 3. The minimum atomic E-state index is -0.641. The molecule has 6 nitrogen and oxygen atoms in total. The number of ketones is 1. The van der Waals surface area contributed by atoms with Crippen LogP contribution in [0.1, 0.15) is 52.9 Å². The summed E-state index contributed by atoms with van der Waals surface area (Å²) in [6.07, 6.45) is 0. The molecular formula is C17H24N2O4. The number of aromatic amines is 1. The van der Waals surface area contributed by atoms with Crippen molar-refractivity contribution >= 4 is 17.7 Å². The molecule has 0 aliphatic heterocycles. The average molecular weight is 320 g/mol. The van der Waals surface area contributed by atoms with E-state index in [0.717, 1.165) is 5.57 Å². The lowest BCUT2D eigenvalue weighted by atomic mass is 10.1. The Bertz CT molecular complexity index is 643. The van der Waals surface area contributed by atoms with E-state index in [4.69, 9.17) is 4.74 Å². The number of H-pyrrole nitrogens is 1. The van der Waals surface area contributed by atoms with Crippen LogP contribution in [0.4, 0.5) is 0 Å². The summed E-state index contributed by atoms with van der Waals surface area (Å²) in [5, 5.41) is 0. The van der Waals surface area contributed by atoms with Gasteiger partial charge in [0, 0.05) is 24.3 Å². The van der Waals surface area contributed by atoms with Crippen molar-refractivity contribution < 1.29 is 19.1 Å². The zero-order valence-electron chi connectivity index (χ0n) is 14.4. The van der Waals surface area contributed by atoms with Crippen molar-refractivity contribution in [2.24, 2.45) is 0 Å². The van der Waals surface area contributed by atoms with Gasteiger partial charge in [-0.05, 0) is 40.2 Å². The number of nitrogens with one attached hydrogen (secondary N) is 1. The van der Waals surface area contributed by atoms with Gasteiger partial charge in [-0.2, -0.15) is 0 Å². The molecular weight excluding hydrogens is 296 g/mol. The number of aromatic nitrogens is 1. The monoisotopic (exact) mass is 320 g/mol. The molecule has 0 saturated heterocycles. The van der Waals surface area contributed by atoms with Gasteiger partial charge < -0.3 is 14.6 Å². The van der Waals surface area contributed by atoms with Gasteiger partial charge >= 0.3 is 5.97 Å². The standard InChI is InChI=1S/C17H24N2O4/c1-7-19(8-10(2)3)14(21)9-23-17(22)16-11(4)15(13(6)20)12(5)18-16/h18H,2,7-9H2,1,3-6H3. The Hall–Kier alpha value is -2.37. The molecule has 0 atom stereocenters. The SMILES string of the molecule is C=C(C)CN(CC)C(=O)COC(=O)c1[nH]c(C)c(C(C)=O)c1C. The molecule has 0 aliphatic rings. The lowest BCUT2D eigenvalue weighted by molar-refractivity contribution is -0.133. The van der Waals surface area contributed by atoms with Crippen molar-refractivity contribution in [3.05, 3.63) is 34.7 Å². The van der Waals surface area contributed by atoms with E-state index < -0.39 is 5.97 Å². The van der Waals surface area contributed by atoms with E-state index in [-0.39, 0.29) is 24.0 Å². The Labute approximate surface area is 136 Å². The lowest BCUT2D eigenvalue weighted by Crippen LogP contribution is -2.35. The Morgan fingerprint density at radius 1 is 1.22 bits per heavy atom. The van der Waals surface area contributed by atoms with E-state index in [1.165, 1.54) is 6.92 Å². The van der Waals surface area contributed by atoms with Gasteiger partial charge in [0.05, 0.1) is 0 Å². The zero-order chi connectivity index (χ0) is 17.7. The van der Waals surface area contributed by atoms with Gasteiger partial charge in [-0.25, -0.2) is 4.79 Å². The van der Waals surface area contributed by atoms with Crippen molar-refractivity contribution in [3.63, 3.8) is 0 Å². The van der Waals surface area contributed by atoms with Gasteiger partial charge in [-0.3, -0.25) is 9.59 Å². The molecule has 23 heavy (non-hydrogen) atoms. The van der Waals surface area contributed by atoms with Crippen LogP contribution in [0.15, 0.2) is 12.2 Å². The summed E-state index contributed by atoms with van der Waals surface area (Å²) < 4.78 is 5.08. The van der Waals surface area contributed by atoms with Crippen LogP contribution in [0.25, 0.3) is 0 Å². The quantitative estimate of drug-likeness (QED) is 0.475. The summed E-state index contributed by atoms with van der Waals surface area (Å²) in [6.45, 7) is 12.9. The van der Waals surface area contributed by atoms with E-state index in [1.54, 1.807) is 18.7 Å². The van der Waals surface area contributed by atoms with Crippen LogP contribution in [0.3, 0.4) is 0 Å². The summed E-state index contributed by atoms with van der Waals surface area (Å²) in [5.41, 5.74) is 2.71. The number of esters is 1. The number of rotatable bonds is 7. The first-order chi connectivity index (χ1) is 10.7. The number of Topliss-reactive ketones (excluding diaryl/α,β-unsaturated/α-hetero) is 1. The summed E-state index contributed by atoms with van der Waals surface area (Å²) in [4.78, 5) is 40.2. The van der Waals surface area contributed by atoms with Crippen LogP contribution in [0, 0.1) is 13.8 Å². The van der Waals surface area contributed by atoms with Gasteiger partial charge in [0.1, 0.15) is 5.69 Å². The average Bonchev–Trinajstić information content (AvgIpc) is 2.76. The number of aryl methyl sites for hydroxylation is 1. The number of amides is 1. The minimum absolute atomic E-state index is 0.120. The highest BCUT2D eigenvalue weighted by Gasteiger charge is 2.22. The Morgan fingerprint density at radius 3 is 2.26 bits per heavy atom. The first-order valence-electron chi connectivity index (χ1n) is 7.48. The molecule has 0 saturated carbocycles. The third kappa shape index (κ3) is 4.55. The molecule has 0 radical (unpaired) electrons. The molecule has 0 fully saturated rings. The van der Waals surface area contributed by atoms with Crippen molar-refractivity contribution in [2.45, 2.75) is 34.6 Å². The Balaban J connectivity index is 2.78. The second-order valence-electron chi connectivity index (χ2n) is 5.62. The van der Waals surface area contributed by atoms with Crippen LogP contribution < -0.4 is 0 Å². The van der Waals surface area contributed by atoms with Crippen molar-refractivity contribution in [1.29, 1.82) is 0 Å². The summed E-state index contributed by atoms with van der Waals surface area (Å²) >= 11 is 0. The number of likely N-dealkylation sites (N-methyl/N-ethyl adjacent to an activating group) is 1. The van der Waals surface area contributed by atoms with E-state index in [2.05, 4.69) is 11.6 Å². The normalized spacial score (nSPS) is 10.3. The molecule has 126 valence electrons. The maximum atomic E-state index is 12.1. The summed E-state index contributed by atoms with van der Waals surface area (Å²) in [7, 11) is 0. The van der Waals surface area contributed by atoms with E-state index >= 15 is 0 Å². The highest BCUT2D eigenvalue weighted by Crippen LogP contribution is 2.19. The molecule has 1 aromatic heterocycles. The predicted octanol–water partition coefficient (Wildman–Crippen LogP) is 2.42. The minimum Gasteiger partial charge on any atom is -0.451 e. The smallest absolute Gasteiger partial charge is 0.355 e. The van der Waals surface area contributed by atoms with Crippen molar-refractivity contribution in [1.82, 2.24) is 9.88 Å². The zero-order valence-corrected chi connectivity index (χ0v) is 14.4. The fraction of sp³-hybridized carbons (Fsp3) is 0.471. The maximum absolute atomic E-state index is 12.1. The van der Waals surface area contributed by atoms with Crippen LogP contribution in [-0.4, -0.2) is 47.2 Å². The number of carbonyl (C=O) groups excluding carboxylic acids is 3. The molecule has 1 rings (SSSR count). The van der Waals surface area contributed by atoms with Gasteiger partial charge in [0.2, 0.25) is 0 Å². The first kappa shape index (κ1) is 18.7. The van der Waals surface area contributed by atoms with Crippen LogP contribution in [0.2, 0.25) is 0 Å². The third-order valence-electron chi connectivity index (χ3n) is 3.52. The van der Waals surface area contributed by atoms with Crippen LogP contribution >= 0.6 is 0 Å². The van der Waals surface area contributed by atoms with Crippen LogP contribution in [0.5, 0.6) is 0 Å². The van der Waals surface area contributed by atoms with E-state index in [9.17, 15) is 14.4 Å². The number of hydrogen-bond donors (Lipinski definition) is 1. The van der Waals surface area contributed by atoms with Gasteiger partial charge in [-0.15, -0.1) is 0 Å².